The van der Waals surface area contributed by atoms with Crippen LogP contribution in [0.1, 0.15) is 132 Å². The monoisotopic (exact) mass is 795 g/mol. The van der Waals surface area contributed by atoms with Crippen molar-refractivity contribution < 1.29 is 54.4 Å². The number of carbonyl (C=O) groups is 1. The van der Waals surface area contributed by atoms with E-state index in [0.717, 1.165) is 19.3 Å². The third kappa shape index (κ3) is 15.2. The van der Waals surface area contributed by atoms with E-state index in [9.17, 15) is 35.4 Å². The highest BCUT2D eigenvalue weighted by Crippen LogP contribution is 2.47. The lowest BCUT2D eigenvalue weighted by Crippen LogP contribution is -2.58. The van der Waals surface area contributed by atoms with Gasteiger partial charge >= 0.3 is 5.97 Å². The number of aliphatic hydroxyl groups excluding tert-OH is 6. The number of hydrogen-bond donors (Lipinski definition) is 6. The Balaban J connectivity index is 1.97. The minimum Gasteiger partial charge on any atom is -0.459 e. The molecule has 0 aromatic rings. The zero-order valence-electron chi connectivity index (χ0n) is 35.6. The summed E-state index contributed by atoms with van der Waals surface area (Å²) in [5.74, 6) is -2.70. The molecule has 0 unspecified atom stereocenters. The third-order valence-electron chi connectivity index (χ3n) is 13.0. The summed E-state index contributed by atoms with van der Waals surface area (Å²) < 4.78 is 25.7. The molecule has 3 aliphatic rings. The van der Waals surface area contributed by atoms with Gasteiger partial charge in [0.1, 0.15) is 6.10 Å². The molecule has 2 bridgehead atoms. The molecule has 0 radical (unpaired) electrons. The van der Waals surface area contributed by atoms with Crippen LogP contribution in [0.5, 0.6) is 0 Å². The second-order valence-electron chi connectivity index (χ2n) is 17.7. The Kier molecular flexibility index (Phi) is 20.7. The van der Waals surface area contributed by atoms with Crippen LogP contribution < -0.4 is 0 Å². The summed E-state index contributed by atoms with van der Waals surface area (Å²) >= 11 is 0. The van der Waals surface area contributed by atoms with Crippen molar-refractivity contribution in [2.45, 2.75) is 199 Å². The molecule has 1 spiro atoms. The lowest BCUT2D eigenvalue weighted by molar-refractivity contribution is -0.349. The number of hydrogen-bond acceptors (Lipinski definition) is 11. The summed E-state index contributed by atoms with van der Waals surface area (Å²) in [5, 5.41) is 64.9. The number of fused-ring (bicyclic) bond motifs is 2. The molecule has 17 atom stereocenters. The second kappa shape index (κ2) is 23.8. The van der Waals surface area contributed by atoms with Gasteiger partial charge in [-0.25, -0.2) is 4.79 Å². The first-order valence-corrected chi connectivity index (χ1v) is 21.7. The standard InChI is InChI=1S/C45H78O11/c1-9-34-14-12-10-11-13-15-37(48)32(6)38(49)25-35(53-8)26-39(50)33(7)44(52)29(3)16-21-43(51)54-42-27-45(23-22-28(2)41(56-45)24-31(5)47)55-40(20-18-34)36(42)19-17-30(4)46/h10-12,14,16,21,28-42,44,46-50,52H,9,13,15,17-20,22-27H2,1-8H3/t28-,29-,30-,31+,32+,33-,34-,35+,36+,37+,38-,39+,40-,41-,42-,44+,45-/m0/s1. The maximum absolute atomic E-state index is 13.6. The van der Waals surface area contributed by atoms with Crippen LogP contribution in [0.25, 0.3) is 0 Å². The van der Waals surface area contributed by atoms with Gasteiger partial charge in [0.05, 0.1) is 54.9 Å². The molecule has 11 heteroatoms. The van der Waals surface area contributed by atoms with Crippen molar-refractivity contribution in [2.75, 3.05) is 7.11 Å². The largest absolute Gasteiger partial charge is 0.459 e. The van der Waals surface area contributed by atoms with E-state index in [1.54, 1.807) is 33.8 Å². The highest BCUT2D eigenvalue weighted by Gasteiger charge is 2.52. The van der Waals surface area contributed by atoms with Gasteiger partial charge in [0, 0.05) is 49.7 Å². The van der Waals surface area contributed by atoms with Crippen LogP contribution in [0.4, 0.5) is 0 Å². The zero-order chi connectivity index (χ0) is 41.6. The summed E-state index contributed by atoms with van der Waals surface area (Å²) in [5.41, 5.74) is 0. The van der Waals surface area contributed by atoms with Gasteiger partial charge in [0.2, 0.25) is 0 Å². The van der Waals surface area contributed by atoms with Crippen molar-refractivity contribution in [2.24, 2.45) is 35.5 Å². The van der Waals surface area contributed by atoms with Crippen LogP contribution in [-0.4, -0.2) is 111 Å². The maximum Gasteiger partial charge on any atom is 0.330 e. The van der Waals surface area contributed by atoms with Crippen molar-refractivity contribution >= 4 is 5.97 Å². The average Bonchev–Trinajstić information content (AvgIpc) is 3.15. The van der Waals surface area contributed by atoms with E-state index < -0.39 is 78.3 Å². The minimum absolute atomic E-state index is 0.181. The van der Waals surface area contributed by atoms with E-state index in [4.69, 9.17) is 18.9 Å². The van der Waals surface area contributed by atoms with E-state index >= 15 is 0 Å². The highest BCUT2D eigenvalue weighted by atomic mass is 16.7. The van der Waals surface area contributed by atoms with Crippen molar-refractivity contribution in [3.05, 3.63) is 36.5 Å². The summed E-state index contributed by atoms with van der Waals surface area (Å²) in [4.78, 5) is 13.6. The van der Waals surface area contributed by atoms with Crippen LogP contribution >= 0.6 is 0 Å². The van der Waals surface area contributed by atoms with E-state index in [-0.39, 0.29) is 42.8 Å². The van der Waals surface area contributed by atoms with Crippen molar-refractivity contribution in [3.63, 3.8) is 0 Å². The molecular formula is C45H78O11. The first kappa shape index (κ1) is 48.7. The van der Waals surface area contributed by atoms with E-state index in [2.05, 4.69) is 19.9 Å². The first-order chi connectivity index (χ1) is 26.5. The Morgan fingerprint density at radius 2 is 1.55 bits per heavy atom. The minimum atomic E-state index is -0.984. The summed E-state index contributed by atoms with van der Waals surface area (Å²) in [6.07, 6.45) is 12.5. The maximum atomic E-state index is 13.6. The topological polar surface area (TPSA) is 175 Å². The molecule has 0 aromatic heterocycles. The molecule has 6 N–H and O–H groups in total. The van der Waals surface area contributed by atoms with Crippen LogP contribution in [-0.2, 0) is 23.7 Å². The van der Waals surface area contributed by atoms with E-state index in [0.29, 0.717) is 51.4 Å². The molecular weight excluding hydrogens is 716 g/mol. The molecule has 56 heavy (non-hydrogen) atoms. The number of ether oxygens (including phenoxy) is 4. The quantitative estimate of drug-likeness (QED) is 0.163. The van der Waals surface area contributed by atoms with Crippen molar-refractivity contribution in [1.82, 2.24) is 0 Å². The molecule has 3 heterocycles. The number of allylic oxidation sites excluding steroid dienone is 4. The summed E-state index contributed by atoms with van der Waals surface area (Å²) in [6, 6.07) is 0. The summed E-state index contributed by atoms with van der Waals surface area (Å²) in [7, 11) is 1.52. The molecule has 0 aromatic carbocycles. The van der Waals surface area contributed by atoms with Crippen LogP contribution in [0, 0.1) is 35.5 Å². The lowest BCUT2D eigenvalue weighted by Gasteiger charge is -2.52. The Morgan fingerprint density at radius 1 is 0.857 bits per heavy atom. The van der Waals surface area contributed by atoms with Crippen LogP contribution in [0.2, 0.25) is 0 Å². The molecule has 0 aliphatic carbocycles. The second-order valence-corrected chi connectivity index (χ2v) is 17.7. The van der Waals surface area contributed by atoms with Crippen molar-refractivity contribution in [3.8, 4) is 0 Å². The van der Waals surface area contributed by atoms with Gasteiger partial charge in [0.15, 0.2) is 5.79 Å². The van der Waals surface area contributed by atoms with Gasteiger partial charge in [-0.2, -0.15) is 0 Å². The predicted octanol–water partition coefficient (Wildman–Crippen LogP) is 6.16. The molecule has 11 nitrogen and oxygen atoms in total. The zero-order valence-corrected chi connectivity index (χ0v) is 35.6. The van der Waals surface area contributed by atoms with Gasteiger partial charge in [-0.05, 0) is 96.3 Å². The molecule has 0 saturated carbocycles. The molecule has 324 valence electrons. The Hall–Kier alpha value is -1.67. The predicted molar refractivity (Wildman–Crippen MR) is 217 cm³/mol. The van der Waals surface area contributed by atoms with Gasteiger partial charge in [0.25, 0.3) is 0 Å². The smallest absolute Gasteiger partial charge is 0.330 e. The van der Waals surface area contributed by atoms with Gasteiger partial charge < -0.3 is 49.6 Å². The van der Waals surface area contributed by atoms with Gasteiger partial charge in [-0.15, -0.1) is 0 Å². The SMILES string of the molecule is CC[C@H]1C=CC=CCC[C@@H](O)[C@@H](C)[C@@H](O)C[C@@H](OC)C[C@@H](O)[C@H](C)[C@H](O)[C@@H](C)C=CC(=O)O[C@H]2C[C@@]3(CC[C@H](C)[C@H](C[C@@H](C)O)O3)O[C@@H](CC1)[C@H]2CC[C@H](C)O. The van der Waals surface area contributed by atoms with Gasteiger partial charge in [-0.3, -0.25) is 0 Å². The fourth-order valence-corrected chi connectivity index (χ4v) is 8.75. The molecule has 3 rings (SSSR count). The Morgan fingerprint density at radius 3 is 2.20 bits per heavy atom. The molecule has 0 amide bonds. The lowest BCUT2D eigenvalue weighted by atomic mass is 9.77. The number of carbonyl (C=O) groups excluding carboxylic acids is 1. The summed E-state index contributed by atoms with van der Waals surface area (Å²) in [6.45, 7) is 13.2. The highest BCUT2D eigenvalue weighted by molar-refractivity contribution is 5.82. The first-order valence-electron chi connectivity index (χ1n) is 21.7. The van der Waals surface area contributed by atoms with Crippen molar-refractivity contribution in [1.29, 1.82) is 0 Å². The Labute approximate surface area is 337 Å². The Bertz CT molecular complexity index is 1220. The van der Waals surface area contributed by atoms with Crippen LogP contribution in [0.15, 0.2) is 36.5 Å². The third-order valence-corrected chi connectivity index (χ3v) is 13.0. The molecule has 2 fully saturated rings. The normalized spacial score (nSPS) is 41.6. The molecule has 2 saturated heterocycles. The number of esters is 1. The number of methoxy groups -OCH3 is 1. The van der Waals surface area contributed by atoms with Crippen LogP contribution in [0.3, 0.4) is 0 Å². The molecule has 3 aliphatic heterocycles. The fraction of sp³-hybridized carbons (Fsp3) is 0.844. The number of rotatable bonds is 7. The number of aliphatic hydroxyl groups is 6. The average molecular weight is 795 g/mol. The van der Waals surface area contributed by atoms with E-state index in [1.165, 1.54) is 13.2 Å². The van der Waals surface area contributed by atoms with E-state index in [1.807, 2.05) is 25.2 Å². The van der Waals surface area contributed by atoms with Gasteiger partial charge in [-0.1, -0.05) is 65.0 Å². The fourth-order valence-electron chi connectivity index (χ4n) is 8.75.